The number of benzene rings is 2. The zero-order chi connectivity index (χ0) is 15.0. The lowest BCUT2D eigenvalue weighted by molar-refractivity contribution is 0.282. The molecule has 0 aliphatic carbocycles. The SMILES string of the molecule is Cc1nc2c(-c3ccc(F)cc3)cc(CO)cc2[nH]c1=O. The summed E-state index contributed by atoms with van der Waals surface area (Å²) < 4.78 is 13.1. The van der Waals surface area contributed by atoms with Gasteiger partial charge in [-0.25, -0.2) is 9.37 Å². The molecule has 2 aromatic carbocycles. The number of fused-ring (bicyclic) bond motifs is 1. The van der Waals surface area contributed by atoms with Gasteiger partial charge < -0.3 is 10.1 Å². The number of aromatic nitrogens is 2. The van der Waals surface area contributed by atoms with Gasteiger partial charge in [-0.1, -0.05) is 12.1 Å². The van der Waals surface area contributed by atoms with Gasteiger partial charge in [-0.15, -0.1) is 0 Å². The third kappa shape index (κ3) is 2.43. The summed E-state index contributed by atoms with van der Waals surface area (Å²) in [5.41, 5.74) is 3.45. The van der Waals surface area contributed by atoms with Crippen LogP contribution in [0.4, 0.5) is 4.39 Å². The van der Waals surface area contributed by atoms with Crippen molar-refractivity contribution >= 4 is 11.0 Å². The van der Waals surface area contributed by atoms with Crippen molar-refractivity contribution in [2.45, 2.75) is 13.5 Å². The zero-order valence-corrected chi connectivity index (χ0v) is 11.4. The van der Waals surface area contributed by atoms with Crippen LogP contribution in [-0.2, 0) is 6.61 Å². The molecule has 3 aromatic rings. The number of rotatable bonds is 2. The van der Waals surface area contributed by atoms with E-state index >= 15 is 0 Å². The molecule has 0 fully saturated rings. The van der Waals surface area contributed by atoms with Crippen LogP contribution in [0.5, 0.6) is 0 Å². The summed E-state index contributed by atoms with van der Waals surface area (Å²) in [6.45, 7) is 1.48. The van der Waals surface area contributed by atoms with Crippen molar-refractivity contribution in [1.29, 1.82) is 0 Å². The molecule has 2 N–H and O–H groups in total. The molecule has 0 radical (unpaired) electrons. The normalized spacial score (nSPS) is 11.0. The van der Waals surface area contributed by atoms with E-state index in [2.05, 4.69) is 9.97 Å². The Morgan fingerprint density at radius 3 is 2.62 bits per heavy atom. The Balaban J connectivity index is 2.36. The van der Waals surface area contributed by atoms with Gasteiger partial charge in [-0.3, -0.25) is 4.79 Å². The Morgan fingerprint density at radius 1 is 1.24 bits per heavy atom. The molecule has 0 amide bonds. The fourth-order valence-corrected chi connectivity index (χ4v) is 2.28. The van der Waals surface area contributed by atoms with Crippen LogP contribution in [0.25, 0.3) is 22.2 Å². The van der Waals surface area contributed by atoms with Gasteiger partial charge in [0.1, 0.15) is 11.5 Å². The molecule has 21 heavy (non-hydrogen) atoms. The standard InChI is InChI=1S/C16H13FN2O2/c1-9-16(21)19-14-7-10(8-20)6-13(15(14)18-9)11-2-4-12(17)5-3-11/h2-7,20H,8H2,1H3,(H,19,21). The van der Waals surface area contributed by atoms with Crippen LogP contribution in [0.2, 0.25) is 0 Å². The van der Waals surface area contributed by atoms with E-state index in [0.717, 1.165) is 11.1 Å². The topological polar surface area (TPSA) is 66.0 Å². The van der Waals surface area contributed by atoms with E-state index in [-0.39, 0.29) is 18.0 Å². The number of halogens is 1. The van der Waals surface area contributed by atoms with Gasteiger partial charge in [-0.05, 0) is 42.3 Å². The minimum Gasteiger partial charge on any atom is -0.392 e. The molecule has 1 heterocycles. The third-order valence-corrected chi connectivity index (χ3v) is 3.36. The molecule has 106 valence electrons. The number of hydrogen-bond donors (Lipinski definition) is 2. The lowest BCUT2D eigenvalue weighted by Crippen LogP contribution is -2.12. The summed E-state index contributed by atoms with van der Waals surface area (Å²) >= 11 is 0. The van der Waals surface area contributed by atoms with Crippen LogP contribution >= 0.6 is 0 Å². The molecule has 0 saturated carbocycles. The van der Waals surface area contributed by atoms with E-state index in [1.54, 1.807) is 31.2 Å². The monoisotopic (exact) mass is 284 g/mol. The number of nitrogens with zero attached hydrogens (tertiary/aromatic N) is 1. The van der Waals surface area contributed by atoms with Crippen LogP contribution in [0.1, 0.15) is 11.3 Å². The molecule has 1 aromatic heterocycles. The van der Waals surface area contributed by atoms with Gasteiger partial charge in [-0.2, -0.15) is 0 Å². The molecule has 0 bridgehead atoms. The van der Waals surface area contributed by atoms with E-state index in [9.17, 15) is 14.3 Å². The van der Waals surface area contributed by atoms with Crippen molar-refractivity contribution in [3.05, 3.63) is 63.8 Å². The van der Waals surface area contributed by atoms with Crippen molar-refractivity contribution in [3.8, 4) is 11.1 Å². The van der Waals surface area contributed by atoms with Gasteiger partial charge in [0.15, 0.2) is 0 Å². The number of nitrogens with one attached hydrogen (secondary N) is 1. The molecular formula is C16H13FN2O2. The number of hydrogen-bond acceptors (Lipinski definition) is 3. The smallest absolute Gasteiger partial charge is 0.269 e. The van der Waals surface area contributed by atoms with Crippen LogP contribution < -0.4 is 5.56 Å². The lowest BCUT2D eigenvalue weighted by atomic mass is 10.0. The van der Waals surface area contributed by atoms with Gasteiger partial charge in [0, 0.05) is 5.56 Å². The average Bonchev–Trinajstić information content (AvgIpc) is 2.48. The maximum atomic E-state index is 13.1. The summed E-state index contributed by atoms with van der Waals surface area (Å²) in [5.74, 6) is -0.320. The van der Waals surface area contributed by atoms with E-state index in [1.807, 2.05) is 0 Å². The number of H-pyrrole nitrogens is 1. The molecule has 0 aliphatic rings. The highest BCUT2D eigenvalue weighted by molar-refractivity contribution is 5.92. The predicted octanol–water partition coefficient (Wildman–Crippen LogP) is 2.53. The zero-order valence-electron chi connectivity index (χ0n) is 11.4. The van der Waals surface area contributed by atoms with Gasteiger partial charge in [0.25, 0.3) is 5.56 Å². The van der Waals surface area contributed by atoms with Crippen molar-refractivity contribution in [1.82, 2.24) is 9.97 Å². The summed E-state index contributed by atoms with van der Waals surface area (Å²) in [7, 11) is 0. The first-order valence-corrected chi connectivity index (χ1v) is 6.49. The van der Waals surface area contributed by atoms with Crippen molar-refractivity contribution < 1.29 is 9.50 Å². The number of aliphatic hydroxyl groups is 1. The van der Waals surface area contributed by atoms with Crippen LogP contribution in [0.15, 0.2) is 41.2 Å². The summed E-state index contributed by atoms with van der Waals surface area (Å²) in [6, 6.07) is 9.51. The van der Waals surface area contributed by atoms with Crippen LogP contribution in [0, 0.1) is 12.7 Å². The summed E-state index contributed by atoms with van der Waals surface area (Å²) in [4.78, 5) is 18.8. The van der Waals surface area contributed by atoms with Crippen molar-refractivity contribution in [3.63, 3.8) is 0 Å². The quantitative estimate of drug-likeness (QED) is 0.760. The lowest BCUT2D eigenvalue weighted by Gasteiger charge is -2.09. The van der Waals surface area contributed by atoms with Gasteiger partial charge in [0.05, 0.1) is 17.6 Å². The third-order valence-electron chi connectivity index (χ3n) is 3.36. The second-order valence-electron chi connectivity index (χ2n) is 4.86. The fraction of sp³-hybridized carbons (Fsp3) is 0.125. The molecule has 4 nitrogen and oxygen atoms in total. The minimum atomic E-state index is -0.320. The summed E-state index contributed by atoms with van der Waals surface area (Å²) in [6.07, 6.45) is 0. The molecule has 0 spiro atoms. The highest BCUT2D eigenvalue weighted by Gasteiger charge is 2.10. The maximum Gasteiger partial charge on any atom is 0.269 e. The Bertz CT molecular complexity index is 870. The molecular weight excluding hydrogens is 271 g/mol. The molecule has 0 atom stereocenters. The van der Waals surface area contributed by atoms with E-state index in [4.69, 9.17) is 0 Å². The first-order chi connectivity index (χ1) is 10.1. The highest BCUT2D eigenvalue weighted by Crippen LogP contribution is 2.28. The average molecular weight is 284 g/mol. The first kappa shape index (κ1) is 13.5. The van der Waals surface area contributed by atoms with Gasteiger partial charge >= 0.3 is 0 Å². The van der Waals surface area contributed by atoms with Crippen LogP contribution in [0.3, 0.4) is 0 Å². The minimum absolute atomic E-state index is 0.153. The molecule has 0 unspecified atom stereocenters. The number of aryl methyl sites for hydroxylation is 1. The Labute approximate surface area is 119 Å². The van der Waals surface area contributed by atoms with E-state index < -0.39 is 0 Å². The van der Waals surface area contributed by atoms with E-state index in [1.165, 1.54) is 12.1 Å². The van der Waals surface area contributed by atoms with E-state index in [0.29, 0.717) is 22.3 Å². The number of aromatic amines is 1. The molecule has 5 heteroatoms. The Hall–Kier alpha value is -2.53. The predicted molar refractivity (Wildman–Crippen MR) is 78.4 cm³/mol. The Kier molecular flexibility index (Phi) is 3.27. The van der Waals surface area contributed by atoms with Crippen LogP contribution in [-0.4, -0.2) is 15.1 Å². The number of aliphatic hydroxyl groups excluding tert-OH is 1. The molecule has 3 rings (SSSR count). The summed E-state index contributed by atoms with van der Waals surface area (Å²) in [5, 5.41) is 9.36. The second-order valence-corrected chi connectivity index (χ2v) is 4.86. The largest absolute Gasteiger partial charge is 0.392 e. The maximum absolute atomic E-state index is 13.1. The molecule has 0 saturated heterocycles. The first-order valence-electron chi connectivity index (χ1n) is 6.49. The second kappa shape index (κ2) is 5.10. The Morgan fingerprint density at radius 2 is 1.95 bits per heavy atom. The highest BCUT2D eigenvalue weighted by atomic mass is 19.1. The van der Waals surface area contributed by atoms with Gasteiger partial charge in [0.2, 0.25) is 0 Å². The molecule has 0 aliphatic heterocycles. The van der Waals surface area contributed by atoms with Crippen molar-refractivity contribution in [2.75, 3.05) is 0 Å². The van der Waals surface area contributed by atoms with Crippen molar-refractivity contribution in [2.24, 2.45) is 0 Å². The fourth-order valence-electron chi connectivity index (χ4n) is 2.28.